The topological polar surface area (TPSA) is 122 Å². The maximum atomic E-state index is 12.8. The number of aromatic amines is 2. The van der Waals surface area contributed by atoms with Gasteiger partial charge < -0.3 is 14.7 Å². The highest BCUT2D eigenvalue weighted by Gasteiger charge is 2.25. The molecule has 0 aliphatic heterocycles. The highest BCUT2D eigenvalue weighted by atomic mass is 32.2. The van der Waals surface area contributed by atoms with Gasteiger partial charge in [0.15, 0.2) is 16.7 Å². The van der Waals surface area contributed by atoms with Crippen LogP contribution in [0.3, 0.4) is 0 Å². The maximum Gasteiger partial charge on any atom is 0.311 e. The Kier molecular flexibility index (Phi) is 6.37. The number of rotatable bonds is 7. The minimum absolute atomic E-state index is 0.109. The summed E-state index contributed by atoms with van der Waals surface area (Å²) in [4.78, 5) is 57.4. The number of hydrogen-bond acceptors (Lipinski definition) is 7. The highest BCUT2D eigenvalue weighted by molar-refractivity contribution is 8.00. The molecule has 0 aromatic carbocycles. The van der Waals surface area contributed by atoms with Gasteiger partial charge in [0.2, 0.25) is 0 Å². The predicted molar refractivity (Wildman–Crippen MR) is 100 cm³/mol. The summed E-state index contributed by atoms with van der Waals surface area (Å²) < 4.78 is 4.57. The average Bonchev–Trinajstić information content (AvgIpc) is 2.87. The van der Waals surface area contributed by atoms with E-state index in [1.807, 2.05) is 0 Å². The van der Waals surface area contributed by atoms with Crippen molar-refractivity contribution in [1.29, 1.82) is 0 Å². The second-order valence-corrected chi connectivity index (χ2v) is 7.43. The zero-order valence-corrected chi connectivity index (χ0v) is 16.6. The van der Waals surface area contributed by atoms with Gasteiger partial charge in [-0.2, -0.15) is 0 Å². The molecule has 0 saturated heterocycles. The van der Waals surface area contributed by atoms with Crippen LogP contribution in [-0.2, 0) is 16.0 Å². The molecule has 9 heteroatoms. The lowest BCUT2D eigenvalue weighted by atomic mass is 10.0. The lowest BCUT2D eigenvalue weighted by Gasteiger charge is -2.10. The van der Waals surface area contributed by atoms with Crippen molar-refractivity contribution in [2.75, 3.05) is 7.11 Å². The number of H-pyrrole nitrogens is 2. The Bertz CT molecular complexity index is 960. The first-order valence-corrected chi connectivity index (χ1v) is 9.10. The van der Waals surface area contributed by atoms with E-state index in [9.17, 15) is 19.2 Å². The third kappa shape index (κ3) is 4.73. The van der Waals surface area contributed by atoms with Crippen molar-refractivity contribution in [2.45, 2.75) is 44.5 Å². The predicted octanol–water partition coefficient (Wildman–Crippen LogP) is 2.00. The lowest BCUT2D eigenvalue weighted by molar-refractivity contribution is -0.139. The van der Waals surface area contributed by atoms with Gasteiger partial charge in [-0.05, 0) is 33.3 Å². The fourth-order valence-corrected chi connectivity index (χ4v) is 3.69. The minimum atomic E-state index is -0.571. The molecule has 2 heterocycles. The Balaban J connectivity index is 2.25. The molecule has 144 valence electrons. The van der Waals surface area contributed by atoms with Crippen LogP contribution in [0.15, 0.2) is 16.0 Å². The number of nitrogens with zero attached hydrogens (tertiary/aromatic N) is 1. The Labute approximate surface area is 160 Å². The molecule has 0 amide bonds. The van der Waals surface area contributed by atoms with Crippen LogP contribution in [0.25, 0.3) is 0 Å². The molecule has 0 fully saturated rings. The van der Waals surface area contributed by atoms with Gasteiger partial charge in [-0.25, -0.2) is 4.98 Å². The van der Waals surface area contributed by atoms with Gasteiger partial charge in [-0.3, -0.25) is 19.2 Å². The Morgan fingerprint density at radius 2 is 1.93 bits per heavy atom. The highest BCUT2D eigenvalue weighted by Crippen LogP contribution is 2.26. The number of methoxy groups -OCH3 is 1. The summed E-state index contributed by atoms with van der Waals surface area (Å²) in [5, 5.41) is -0.340. The van der Waals surface area contributed by atoms with E-state index in [1.165, 1.54) is 20.1 Å². The lowest BCUT2D eigenvalue weighted by Crippen LogP contribution is -2.18. The summed E-state index contributed by atoms with van der Waals surface area (Å²) in [6, 6.07) is 1.21. The second kappa shape index (κ2) is 8.34. The van der Waals surface area contributed by atoms with Gasteiger partial charge in [0.1, 0.15) is 0 Å². The summed E-state index contributed by atoms with van der Waals surface area (Å²) in [5.74, 6) is -0.835. The summed E-state index contributed by atoms with van der Waals surface area (Å²) >= 11 is 1.07. The fraction of sp³-hybridized carbons (Fsp3) is 0.389. The van der Waals surface area contributed by atoms with Gasteiger partial charge in [0.05, 0.1) is 30.2 Å². The molecule has 0 spiro atoms. The van der Waals surface area contributed by atoms with Crippen LogP contribution in [-0.4, -0.2) is 44.8 Å². The van der Waals surface area contributed by atoms with Crippen LogP contribution in [0.2, 0.25) is 0 Å². The normalized spacial score (nSPS) is 11.9. The number of hydrogen-bond donors (Lipinski definition) is 2. The Morgan fingerprint density at radius 3 is 2.48 bits per heavy atom. The number of aromatic nitrogens is 3. The number of thioether (sulfide) groups is 1. The number of carbonyl (C=O) groups excluding carboxylic acids is 3. The SMILES string of the molecule is COC(=O)Cc1cc(=O)[nH]c(S[C@H](C)C(=O)c2[nH]c(C)c(C(C)=O)c2C)n1. The molecule has 2 aromatic rings. The van der Waals surface area contributed by atoms with Crippen LogP contribution in [0.4, 0.5) is 0 Å². The smallest absolute Gasteiger partial charge is 0.311 e. The van der Waals surface area contributed by atoms with E-state index in [-0.39, 0.29) is 28.8 Å². The van der Waals surface area contributed by atoms with Crippen LogP contribution in [0.5, 0.6) is 0 Å². The van der Waals surface area contributed by atoms with Crippen molar-refractivity contribution >= 4 is 29.3 Å². The van der Waals surface area contributed by atoms with Crippen molar-refractivity contribution < 1.29 is 19.1 Å². The van der Waals surface area contributed by atoms with Crippen molar-refractivity contribution in [3.63, 3.8) is 0 Å². The molecule has 2 N–H and O–H groups in total. The summed E-state index contributed by atoms with van der Waals surface area (Å²) in [6.07, 6.45) is -0.132. The van der Waals surface area contributed by atoms with E-state index in [0.717, 1.165) is 11.8 Å². The van der Waals surface area contributed by atoms with E-state index in [1.54, 1.807) is 20.8 Å². The van der Waals surface area contributed by atoms with Gasteiger partial charge in [-0.15, -0.1) is 0 Å². The van der Waals surface area contributed by atoms with Gasteiger partial charge in [-0.1, -0.05) is 11.8 Å². The van der Waals surface area contributed by atoms with Gasteiger partial charge >= 0.3 is 5.97 Å². The molecular formula is C18H21N3O5S. The third-order valence-electron chi connectivity index (χ3n) is 4.02. The number of carbonyl (C=O) groups is 3. The number of esters is 1. The largest absolute Gasteiger partial charge is 0.469 e. The Morgan fingerprint density at radius 1 is 1.26 bits per heavy atom. The molecule has 27 heavy (non-hydrogen) atoms. The number of Topliss-reactive ketones (excluding diaryl/α,β-unsaturated/α-hetero) is 2. The molecular weight excluding hydrogens is 370 g/mol. The first-order valence-electron chi connectivity index (χ1n) is 8.22. The van der Waals surface area contributed by atoms with E-state index in [0.29, 0.717) is 22.5 Å². The van der Waals surface area contributed by atoms with Crippen LogP contribution in [0.1, 0.15) is 51.6 Å². The molecule has 0 saturated carbocycles. The number of ketones is 2. The first kappa shape index (κ1) is 20.6. The van der Waals surface area contributed by atoms with Crippen molar-refractivity contribution in [2.24, 2.45) is 0 Å². The zero-order valence-electron chi connectivity index (χ0n) is 15.8. The first-order chi connectivity index (χ1) is 12.6. The van der Waals surface area contributed by atoms with Crippen LogP contribution >= 0.6 is 11.8 Å². The molecule has 1 atom stereocenters. The van der Waals surface area contributed by atoms with Crippen LogP contribution in [0, 0.1) is 13.8 Å². The molecule has 8 nitrogen and oxygen atoms in total. The molecule has 2 aromatic heterocycles. The molecule has 0 radical (unpaired) electrons. The molecule has 0 bridgehead atoms. The average molecular weight is 391 g/mol. The van der Waals surface area contributed by atoms with E-state index < -0.39 is 16.8 Å². The monoisotopic (exact) mass is 391 g/mol. The molecule has 0 aliphatic rings. The number of aryl methyl sites for hydroxylation is 1. The summed E-state index contributed by atoms with van der Waals surface area (Å²) in [7, 11) is 1.25. The summed E-state index contributed by atoms with van der Waals surface area (Å²) in [6.45, 7) is 6.61. The number of nitrogens with one attached hydrogen (secondary N) is 2. The molecule has 0 aliphatic carbocycles. The van der Waals surface area contributed by atoms with Crippen LogP contribution < -0.4 is 5.56 Å². The molecule has 0 unspecified atom stereocenters. The maximum absolute atomic E-state index is 12.8. The zero-order chi connectivity index (χ0) is 20.3. The standard InChI is InChI=1S/C18H21N3O5S/c1-8-15(10(3)22)9(2)19-16(8)17(25)11(4)27-18-20-12(6-13(23)21-18)7-14(24)26-5/h6,11,19H,7H2,1-5H3,(H,20,21,23)/t11-/m1/s1. The van der Waals surface area contributed by atoms with Crippen molar-refractivity contribution in [3.8, 4) is 0 Å². The van der Waals surface area contributed by atoms with Crippen molar-refractivity contribution in [3.05, 3.63) is 44.6 Å². The van der Waals surface area contributed by atoms with E-state index in [4.69, 9.17) is 0 Å². The third-order valence-corrected chi connectivity index (χ3v) is 5.00. The van der Waals surface area contributed by atoms with Crippen molar-refractivity contribution in [1.82, 2.24) is 15.0 Å². The summed E-state index contributed by atoms with van der Waals surface area (Å²) in [5.41, 5.74) is 1.98. The van der Waals surface area contributed by atoms with Gasteiger partial charge in [0, 0.05) is 17.3 Å². The quantitative estimate of drug-likeness (QED) is 0.320. The number of ether oxygens (including phenoxy) is 1. The van der Waals surface area contributed by atoms with E-state index in [2.05, 4.69) is 19.7 Å². The minimum Gasteiger partial charge on any atom is -0.469 e. The molecule has 2 rings (SSSR count). The fourth-order valence-electron chi connectivity index (χ4n) is 2.80. The van der Waals surface area contributed by atoms with E-state index >= 15 is 0 Å². The second-order valence-electron chi connectivity index (χ2n) is 6.10. The van der Waals surface area contributed by atoms with Gasteiger partial charge in [0.25, 0.3) is 5.56 Å². The Hall–Kier alpha value is -2.68.